The Bertz CT molecular complexity index is 478. The number of nitrogens with zero attached hydrogens (tertiary/aromatic N) is 1. The van der Waals surface area contributed by atoms with Crippen LogP contribution < -0.4 is 10.9 Å². The van der Waals surface area contributed by atoms with Crippen LogP contribution in [0, 0.1) is 0 Å². The van der Waals surface area contributed by atoms with Crippen molar-refractivity contribution in [1.82, 2.24) is 9.88 Å². The Morgan fingerprint density at radius 2 is 2.00 bits per heavy atom. The minimum atomic E-state index is 0.0263. The van der Waals surface area contributed by atoms with E-state index in [0.29, 0.717) is 12.6 Å². The van der Waals surface area contributed by atoms with Crippen LogP contribution in [0.2, 0.25) is 0 Å². The fraction of sp³-hybridized carbons (Fsp3) is 0.667. The van der Waals surface area contributed by atoms with Crippen LogP contribution in [-0.2, 0) is 12.0 Å². The highest BCUT2D eigenvalue weighted by Gasteiger charge is 2.30. The zero-order valence-corrected chi connectivity index (χ0v) is 11.9. The summed E-state index contributed by atoms with van der Waals surface area (Å²) in [5, 5.41) is 3.24. The fourth-order valence-corrected chi connectivity index (χ4v) is 2.30. The van der Waals surface area contributed by atoms with E-state index in [1.54, 1.807) is 0 Å². The van der Waals surface area contributed by atoms with Gasteiger partial charge in [-0.25, -0.2) is 0 Å². The van der Waals surface area contributed by atoms with Gasteiger partial charge in [0.2, 0.25) is 0 Å². The predicted octanol–water partition coefficient (Wildman–Crippen LogP) is 2.59. The minimum absolute atomic E-state index is 0.0263. The third kappa shape index (κ3) is 2.66. The molecule has 0 aromatic carbocycles. The van der Waals surface area contributed by atoms with Crippen LogP contribution in [0.4, 0.5) is 0 Å². The van der Waals surface area contributed by atoms with Crippen LogP contribution in [0.1, 0.15) is 57.8 Å². The van der Waals surface area contributed by atoms with Crippen LogP contribution >= 0.6 is 0 Å². The Hall–Kier alpha value is -1.09. The van der Waals surface area contributed by atoms with Gasteiger partial charge in [-0.1, -0.05) is 33.8 Å². The molecule has 1 aliphatic carbocycles. The van der Waals surface area contributed by atoms with E-state index in [2.05, 4.69) is 39.1 Å². The van der Waals surface area contributed by atoms with Crippen molar-refractivity contribution in [2.45, 2.75) is 58.5 Å². The van der Waals surface area contributed by atoms with Gasteiger partial charge in [0.25, 0.3) is 5.56 Å². The summed E-state index contributed by atoms with van der Waals surface area (Å²) in [6.45, 7) is 10.1. The van der Waals surface area contributed by atoms with Crippen molar-refractivity contribution in [3.63, 3.8) is 0 Å². The van der Waals surface area contributed by atoms with Gasteiger partial charge in [-0.3, -0.25) is 4.79 Å². The highest BCUT2D eigenvalue weighted by molar-refractivity contribution is 5.23. The molecule has 3 heteroatoms. The second-order valence-corrected chi connectivity index (χ2v) is 6.18. The number of hydrogen-bond acceptors (Lipinski definition) is 2. The van der Waals surface area contributed by atoms with Gasteiger partial charge in [0.15, 0.2) is 0 Å². The molecule has 0 radical (unpaired) electrons. The minimum Gasteiger partial charge on any atom is -0.313 e. The lowest BCUT2D eigenvalue weighted by Crippen LogP contribution is -2.32. The molecule has 18 heavy (non-hydrogen) atoms. The molecule has 0 saturated heterocycles. The van der Waals surface area contributed by atoms with E-state index >= 15 is 0 Å². The molecule has 3 nitrogen and oxygen atoms in total. The molecule has 1 aromatic rings. The topological polar surface area (TPSA) is 34.0 Å². The lowest BCUT2D eigenvalue weighted by atomic mass is 9.90. The van der Waals surface area contributed by atoms with E-state index in [0.717, 1.165) is 30.6 Å². The highest BCUT2D eigenvalue weighted by Crippen LogP contribution is 2.37. The number of rotatable bonds is 4. The molecular weight excluding hydrogens is 224 g/mol. The van der Waals surface area contributed by atoms with Gasteiger partial charge in [-0.2, -0.15) is 0 Å². The van der Waals surface area contributed by atoms with Crippen molar-refractivity contribution in [2.75, 3.05) is 6.54 Å². The third-order valence-electron chi connectivity index (χ3n) is 3.44. The SMILES string of the molecule is CCNCc1ccc(C(C)(C)C)n(C2CC2)c1=O. The monoisotopic (exact) mass is 248 g/mol. The molecule has 1 fully saturated rings. The zero-order chi connectivity index (χ0) is 13.3. The molecule has 0 bridgehead atoms. The van der Waals surface area contributed by atoms with Crippen LogP contribution in [0.5, 0.6) is 0 Å². The molecule has 1 saturated carbocycles. The first-order valence-corrected chi connectivity index (χ1v) is 6.90. The summed E-state index contributed by atoms with van der Waals surface area (Å²) in [6, 6.07) is 4.56. The van der Waals surface area contributed by atoms with Crippen molar-refractivity contribution < 1.29 is 0 Å². The van der Waals surface area contributed by atoms with Gasteiger partial charge in [0.05, 0.1) is 0 Å². The van der Waals surface area contributed by atoms with Gasteiger partial charge in [-0.15, -0.1) is 0 Å². The molecule has 0 unspecified atom stereocenters. The first-order valence-electron chi connectivity index (χ1n) is 6.90. The Labute approximate surface area is 109 Å². The predicted molar refractivity (Wildman–Crippen MR) is 75.1 cm³/mol. The standard InChI is InChI=1S/C15H24N2O/c1-5-16-10-11-6-9-13(15(2,3)4)17(14(11)18)12-7-8-12/h6,9,12,16H,5,7-8,10H2,1-4H3. The number of aromatic nitrogens is 1. The van der Waals surface area contributed by atoms with Crippen molar-refractivity contribution >= 4 is 0 Å². The lowest BCUT2D eigenvalue weighted by molar-refractivity contribution is 0.502. The molecule has 1 N–H and O–H groups in total. The van der Waals surface area contributed by atoms with Crippen molar-refractivity contribution in [2.24, 2.45) is 0 Å². The van der Waals surface area contributed by atoms with E-state index in [1.165, 1.54) is 0 Å². The maximum atomic E-state index is 12.5. The normalized spacial score (nSPS) is 16.0. The smallest absolute Gasteiger partial charge is 0.255 e. The van der Waals surface area contributed by atoms with Crippen molar-refractivity contribution in [3.8, 4) is 0 Å². The van der Waals surface area contributed by atoms with E-state index < -0.39 is 0 Å². The van der Waals surface area contributed by atoms with Crippen molar-refractivity contribution in [3.05, 3.63) is 33.7 Å². The van der Waals surface area contributed by atoms with Crippen LogP contribution in [0.15, 0.2) is 16.9 Å². The molecule has 0 atom stereocenters. The van der Waals surface area contributed by atoms with Gasteiger partial charge >= 0.3 is 0 Å². The molecule has 1 aromatic heterocycles. The summed E-state index contributed by atoms with van der Waals surface area (Å²) in [5.41, 5.74) is 2.27. The first-order chi connectivity index (χ1) is 8.45. The maximum absolute atomic E-state index is 12.5. The average molecular weight is 248 g/mol. The summed E-state index contributed by atoms with van der Waals surface area (Å²) < 4.78 is 2.03. The first kappa shape index (κ1) is 13.3. The van der Waals surface area contributed by atoms with E-state index in [-0.39, 0.29) is 11.0 Å². The molecular formula is C15H24N2O. The molecule has 1 aliphatic rings. The maximum Gasteiger partial charge on any atom is 0.255 e. The summed E-state index contributed by atoms with van der Waals surface area (Å²) in [4.78, 5) is 12.5. The molecule has 2 rings (SSSR count). The van der Waals surface area contributed by atoms with Gasteiger partial charge in [0, 0.05) is 29.3 Å². The largest absolute Gasteiger partial charge is 0.313 e. The molecule has 100 valence electrons. The van der Waals surface area contributed by atoms with E-state index in [1.807, 2.05) is 10.6 Å². The summed E-state index contributed by atoms with van der Waals surface area (Å²) in [6.07, 6.45) is 2.29. The highest BCUT2D eigenvalue weighted by atomic mass is 16.1. The van der Waals surface area contributed by atoms with Crippen molar-refractivity contribution in [1.29, 1.82) is 0 Å². The summed E-state index contributed by atoms with van der Waals surface area (Å²) in [7, 11) is 0. The second-order valence-electron chi connectivity index (χ2n) is 6.18. The van der Waals surface area contributed by atoms with E-state index in [9.17, 15) is 4.79 Å². The van der Waals surface area contributed by atoms with Crippen LogP contribution in [0.3, 0.4) is 0 Å². The Morgan fingerprint density at radius 3 is 2.50 bits per heavy atom. The lowest BCUT2D eigenvalue weighted by Gasteiger charge is -2.25. The molecule has 0 spiro atoms. The second kappa shape index (κ2) is 4.88. The average Bonchev–Trinajstić information content (AvgIpc) is 3.09. The van der Waals surface area contributed by atoms with Crippen LogP contribution in [0.25, 0.3) is 0 Å². The third-order valence-corrected chi connectivity index (χ3v) is 3.44. The molecule has 1 heterocycles. The number of hydrogen-bond donors (Lipinski definition) is 1. The number of pyridine rings is 1. The van der Waals surface area contributed by atoms with Gasteiger partial charge in [-0.05, 0) is 25.5 Å². The molecule has 0 amide bonds. The Balaban J connectivity index is 2.45. The quantitative estimate of drug-likeness (QED) is 0.888. The van der Waals surface area contributed by atoms with E-state index in [4.69, 9.17) is 0 Å². The summed E-state index contributed by atoms with van der Waals surface area (Å²) in [5.74, 6) is 0. The Morgan fingerprint density at radius 1 is 1.33 bits per heavy atom. The van der Waals surface area contributed by atoms with Crippen LogP contribution in [-0.4, -0.2) is 11.1 Å². The van der Waals surface area contributed by atoms with Gasteiger partial charge in [0.1, 0.15) is 0 Å². The summed E-state index contributed by atoms with van der Waals surface area (Å²) >= 11 is 0. The van der Waals surface area contributed by atoms with Gasteiger partial charge < -0.3 is 9.88 Å². The molecule has 0 aliphatic heterocycles. The number of nitrogens with one attached hydrogen (secondary N) is 1. The zero-order valence-electron chi connectivity index (χ0n) is 11.9. The fourth-order valence-electron chi connectivity index (χ4n) is 2.30. The Kier molecular flexibility index (Phi) is 3.62.